The van der Waals surface area contributed by atoms with Gasteiger partial charge in [-0.2, -0.15) is 5.10 Å². The molecule has 0 radical (unpaired) electrons. The van der Waals surface area contributed by atoms with Crippen LogP contribution in [-0.4, -0.2) is 40.4 Å². The summed E-state index contributed by atoms with van der Waals surface area (Å²) in [6.07, 6.45) is 1.33. The van der Waals surface area contributed by atoms with Gasteiger partial charge in [0.1, 0.15) is 0 Å². The second-order valence-electron chi connectivity index (χ2n) is 5.39. The van der Waals surface area contributed by atoms with E-state index in [2.05, 4.69) is 5.10 Å². The molecule has 0 bridgehead atoms. The zero-order valence-corrected chi connectivity index (χ0v) is 13.2. The van der Waals surface area contributed by atoms with Gasteiger partial charge in [-0.15, -0.1) is 0 Å². The molecule has 1 N–H and O–H groups in total. The lowest BCUT2D eigenvalue weighted by atomic mass is 10.0. The van der Waals surface area contributed by atoms with E-state index in [1.54, 1.807) is 13.8 Å². The minimum atomic E-state index is -3.32. The van der Waals surface area contributed by atoms with Gasteiger partial charge in [-0.1, -0.05) is 6.92 Å². The van der Waals surface area contributed by atoms with Crippen molar-refractivity contribution in [3.05, 3.63) is 17.5 Å². The molecule has 0 spiro atoms. The first kappa shape index (κ1) is 16.2. The van der Waals surface area contributed by atoms with Crippen LogP contribution in [0.25, 0.3) is 0 Å². The molecule has 0 aliphatic rings. The summed E-state index contributed by atoms with van der Waals surface area (Å²) in [6.45, 7) is 7.81. The van der Waals surface area contributed by atoms with E-state index in [-0.39, 0.29) is 0 Å². The van der Waals surface area contributed by atoms with E-state index >= 15 is 0 Å². The maximum Gasteiger partial charge on any atom is 0.155 e. The molecular formula is C13H24N2O3S. The summed E-state index contributed by atoms with van der Waals surface area (Å²) in [4.78, 5) is 0. The van der Waals surface area contributed by atoms with Gasteiger partial charge in [0, 0.05) is 24.9 Å². The second-order valence-corrected chi connectivity index (χ2v) is 7.99. The zero-order chi connectivity index (χ0) is 14.8. The maximum absolute atomic E-state index is 11.7. The van der Waals surface area contributed by atoms with Crippen LogP contribution >= 0.6 is 0 Å². The summed E-state index contributed by atoms with van der Waals surface area (Å²) in [7, 11) is -3.32. The predicted octanol–water partition coefficient (Wildman–Crippen LogP) is 1.19. The van der Waals surface area contributed by atoms with Gasteiger partial charge in [0.15, 0.2) is 9.84 Å². The molecule has 1 unspecified atom stereocenters. The van der Waals surface area contributed by atoms with Crippen LogP contribution in [0.4, 0.5) is 0 Å². The van der Waals surface area contributed by atoms with Crippen molar-refractivity contribution in [3.63, 3.8) is 0 Å². The fourth-order valence-corrected chi connectivity index (χ4v) is 2.39. The Morgan fingerprint density at radius 2 is 2.00 bits per heavy atom. The molecule has 0 fully saturated rings. The van der Waals surface area contributed by atoms with Crippen molar-refractivity contribution in [1.82, 2.24) is 9.78 Å². The Labute approximate surface area is 115 Å². The van der Waals surface area contributed by atoms with Crippen LogP contribution in [0.1, 0.15) is 39.1 Å². The van der Waals surface area contributed by atoms with Gasteiger partial charge in [-0.05, 0) is 33.3 Å². The molecule has 1 heterocycles. The lowest BCUT2D eigenvalue weighted by Crippen LogP contribution is -2.44. The number of aromatic nitrogens is 2. The van der Waals surface area contributed by atoms with E-state index in [1.807, 2.05) is 24.6 Å². The van der Waals surface area contributed by atoms with E-state index in [0.29, 0.717) is 13.0 Å². The molecule has 1 atom stereocenters. The largest absolute Gasteiger partial charge is 0.391 e. The minimum Gasteiger partial charge on any atom is -0.391 e. The highest BCUT2D eigenvalue weighted by Crippen LogP contribution is 2.23. The van der Waals surface area contributed by atoms with Gasteiger partial charge in [0.25, 0.3) is 0 Å². The summed E-state index contributed by atoms with van der Waals surface area (Å²) in [5.74, 6) is 0. The number of aliphatic hydroxyl groups is 1. The fraction of sp³-hybridized carbons (Fsp3) is 0.769. The molecule has 6 heteroatoms. The highest BCUT2D eigenvalue weighted by molar-refractivity contribution is 7.92. The number of hydrogen-bond acceptors (Lipinski definition) is 4. The van der Waals surface area contributed by atoms with Crippen LogP contribution < -0.4 is 0 Å². The van der Waals surface area contributed by atoms with Crippen LogP contribution in [0.5, 0.6) is 0 Å². The maximum atomic E-state index is 11.7. The lowest BCUT2D eigenvalue weighted by Gasteiger charge is -2.28. The van der Waals surface area contributed by atoms with E-state index in [4.69, 9.17) is 0 Å². The highest BCUT2D eigenvalue weighted by atomic mass is 32.2. The molecule has 0 aliphatic carbocycles. The molecule has 1 aromatic heterocycles. The molecule has 0 aliphatic heterocycles. The second kappa shape index (κ2) is 5.63. The molecule has 0 saturated carbocycles. The minimum absolute atomic E-state index is 0.293. The summed E-state index contributed by atoms with van der Waals surface area (Å²) >= 11 is 0. The first-order valence-electron chi connectivity index (χ1n) is 6.56. The van der Waals surface area contributed by atoms with Crippen LogP contribution in [0, 0.1) is 0 Å². The van der Waals surface area contributed by atoms with Crippen molar-refractivity contribution in [1.29, 1.82) is 0 Å². The van der Waals surface area contributed by atoms with Crippen molar-refractivity contribution >= 4 is 9.84 Å². The van der Waals surface area contributed by atoms with Crippen molar-refractivity contribution in [2.45, 2.75) is 57.9 Å². The molecule has 0 amide bonds. The quantitative estimate of drug-likeness (QED) is 0.853. The van der Waals surface area contributed by atoms with E-state index in [9.17, 15) is 13.5 Å². The van der Waals surface area contributed by atoms with Gasteiger partial charge in [0.05, 0.1) is 16.5 Å². The number of aryl methyl sites for hydroxylation is 2. The fourth-order valence-electron chi connectivity index (χ4n) is 1.82. The average Bonchev–Trinajstić information content (AvgIpc) is 2.69. The van der Waals surface area contributed by atoms with Crippen molar-refractivity contribution < 1.29 is 13.5 Å². The predicted molar refractivity (Wildman–Crippen MR) is 75.9 cm³/mol. The SMILES string of the molecule is CCc1cc(CC(O)C(C)(C)S(C)(=O)=O)n(CC)n1. The van der Waals surface area contributed by atoms with Crippen molar-refractivity contribution in [2.24, 2.45) is 0 Å². The molecule has 1 aromatic rings. The standard InChI is InChI=1S/C13H24N2O3S/c1-6-10-8-11(15(7-2)14-10)9-12(16)13(3,4)19(5,17)18/h8,12,16H,6-7,9H2,1-5H3. The monoisotopic (exact) mass is 288 g/mol. The molecule has 0 saturated heterocycles. The highest BCUT2D eigenvalue weighted by Gasteiger charge is 2.38. The van der Waals surface area contributed by atoms with Gasteiger partial charge >= 0.3 is 0 Å². The third-order valence-electron chi connectivity index (χ3n) is 3.74. The number of nitrogens with zero attached hydrogens (tertiary/aromatic N) is 2. The zero-order valence-electron chi connectivity index (χ0n) is 12.3. The van der Waals surface area contributed by atoms with E-state index in [1.165, 1.54) is 0 Å². The number of rotatable bonds is 6. The molecular weight excluding hydrogens is 264 g/mol. The van der Waals surface area contributed by atoms with Gasteiger partial charge in [-0.25, -0.2) is 8.42 Å². The number of hydrogen-bond donors (Lipinski definition) is 1. The Morgan fingerprint density at radius 1 is 1.42 bits per heavy atom. The third kappa shape index (κ3) is 3.36. The lowest BCUT2D eigenvalue weighted by molar-refractivity contribution is 0.135. The first-order chi connectivity index (χ1) is 8.63. The van der Waals surface area contributed by atoms with Gasteiger partial charge in [-0.3, -0.25) is 4.68 Å². The Hall–Kier alpha value is -0.880. The van der Waals surface area contributed by atoms with Gasteiger partial charge in [0.2, 0.25) is 0 Å². The Balaban J connectivity index is 3.00. The summed E-state index contributed by atoms with van der Waals surface area (Å²) in [6, 6.07) is 1.94. The Morgan fingerprint density at radius 3 is 2.42 bits per heavy atom. The molecule has 0 aromatic carbocycles. The summed E-state index contributed by atoms with van der Waals surface area (Å²) in [5.41, 5.74) is 1.84. The first-order valence-corrected chi connectivity index (χ1v) is 8.45. The third-order valence-corrected chi connectivity index (χ3v) is 5.92. The molecule has 19 heavy (non-hydrogen) atoms. The van der Waals surface area contributed by atoms with Crippen molar-refractivity contribution in [2.75, 3.05) is 6.26 Å². The number of sulfone groups is 1. The molecule has 5 nitrogen and oxygen atoms in total. The van der Waals surface area contributed by atoms with Crippen LogP contribution in [-0.2, 0) is 29.2 Å². The van der Waals surface area contributed by atoms with Gasteiger partial charge < -0.3 is 5.11 Å². The Kier molecular flexibility index (Phi) is 4.79. The van der Waals surface area contributed by atoms with Crippen LogP contribution in [0.2, 0.25) is 0 Å². The summed E-state index contributed by atoms with van der Waals surface area (Å²) < 4.78 is 24.1. The summed E-state index contributed by atoms with van der Waals surface area (Å²) in [5, 5.41) is 14.6. The normalized spacial score (nSPS) is 14.6. The van der Waals surface area contributed by atoms with Crippen LogP contribution in [0.3, 0.4) is 0 Å². The molecule has 110 valence electrons. The molecule has 1 rings (SSSR count). The Bertz CT molecular complexity index is 532. The topological polar surface area (TPSA) is 72.2 Å². The van der Waals surface area contributed by atoms with Crippen LogP contribution in [0.15, 0.2) is 6.07 Å². The smallest absolute Gasteiger partial charge is 0.155 e. The van der Waals surface area contributed by atoms with E-state index < -0.39 is 20.7 Å². The number of aliphatic hydroxyl groups excluding tert-OH is 1. The average molecular weight is 288 g/mol. The van der Waals surface area contributed by atoms with Crippen molar-refractivity contribution in [3.8, 4) is 0 Å². The van der Waals surface area contributed by atoms with E-state index in [0.717, 1.165) is 24.1 Å².